The van der Waals surface area contributed by atoms with Crippen molar-refractivity contribution in [2.24, 2.45) is 22.9 Å². The van der Waals surface area contributed by atoms with Crippen LogP contribution in [0.5, 0.6) is 5.75 Å². The molecule has 0 saturated carbocycles. The van der Waals surface area contributed by atoms with Crippen LogP contribution in [-0.2, 0) is 36.2 Å². The summed E-state index contributed by atoms with van der Waals surface area (Å²) in [5.41, 5.74) is 19.6. The summed E-state index contributed by atoms with van der Waals surface area (Å²) in [4.78, 5) is 43.4. The molecule has 0 bridgehead atoms. The van der Waals surface area contributed by atoms with Crippen molar-refractivity contribution in [2.45, 2.75) is 0 Å². The molecule has 0 spiro atoms. The van der Waals surface area contributed by atoms with E-state index in [1.807, 2.05) is 0 Å². The Morgan fingerprint density at radius 3 is 0.909 bits per heavy atom. The average molecular weight is 820 g/mol. The van der Waals surface area contributed by atoms with E-state index in [1.165, 1.54) is 21.2 Å². The molecule has 15 nitrogen and oxygen atoms in total. The number of aliphatic carboxylic acids is 4. The summed E-state index contributed by atoms with van der Waals surface area (Å²) >= 11 is 0. The van der Waals surface area contributed by atoms with Crippen molar-refractivity contribution in [3.63, 3.8) is 0 Å². The van der Waals surface area contributed by atoms with Crippen LogP contribution >= 0.6 is 7.26 Å². The maximum atomic E-state index is 10.4. The first-order valence-corrected chi connectivity index (χ1v) is 18.5. The number of carboxylic acid groups (broad SMARTS) is 4. The van der Waals surface area contributed by atoms with E-state index < -0.39 is 57.3 Å². The Hall–Kier alpha value is -4.73. The molecule has 4 aromatic carbocycles. The number of phenolic OH excluding ortho intramolecular Hbond substituents is 1. The molecule has 1 radical (unpaired) electrons. The predicted molar refractivity (Wildman–Crippen MR) is 202 cm³/mol. The number of rotatable bonds is 17. The van der Waals surface area contributed by atoms with Gasteiger partial charge in [0.2, 0.25) is 0 Å². The van der Waals surface area contributed by atoms with Gasteiger partial charge in [-0.15, -0.1) is 0 Å². The van der Waals surface area contributed by atoms with E-state index in [9.17, 15) is 44.7 Å². The summed E-state index contributed by atoms with van der Waals surface area (Å²) in [7, 11) is -2.04. The average Bonchev–Trinajstić information content (AvgIpc) is 3.16. The first-order chi connectivity index (χ1) is 25.8. The van der Waals surface area contributed by atoms with Crippen LogP contribution in [0.25, 0.3) is 0 Å². The fraction of sp³-hybridized carbons (Fsp3) is 0.263. The smallest absolute Gasteiger partial charge is 0.549 e. The molecule has 0 aliphatic rings. The van der Waals surface area contributed by atoms with Crippen molar-refractivity contribution in [3.8, 4) is 5.75 Å². The number of phenols is 1. The molecule has 0 amide bonds. The Labute approximate surface area is 332 Å². The normalized spacial score (nSPS) is 10.3. The van der Waals surface area contributed by atoms with Gasteiger partial charge < -0.3 is 67.6 Å². The second kappa shape index (κ2) is 28.7. The summed E-state index contributed by atoms with van der Waals surface area (Å²) in [6.45, 7) is -0.862. The monoisotopic (exact) mass is 819 g/mol. The van der Waals surface area contributed by atoms with Crippen molar-refractivity contribution in [1.29, 1.82) is 0 Å². The molecule has 0 heterocycles. The van der Waals surface area contributed by atoms with E-state index in [4.69, 9.17) is 22.9 Å². The van der Waals surface area contributed by atoms with Gasteiger partial charge in [-0.3, -0.25) is 9.80 Å². The van der Waals surface area contributed by atoms with Gasteiger partial charge in [0.05, 0.1) is 23.9 Å². The number of nitrogens with two attached hydrogens (primary N) is 4. The van der Waals surface area contributed by atoms with Crippen LogP contribution in [0.15, 0.2) is 115 Å². The van der Waals surface area contributed by atoms with Crippen LogP contribution < -0.4 is 64.6 Å². The van der Waals surface area contributed by atoms with Gasteiger partial charge >= 0.3 is 17.1 Å². The van der Waals surface area contributed by atoms with Crippen LogP contribution in [0, 0.1) is 0 Å². The summed E-state index contributed by atoms with van der Waals surface area (Å²) in [5.74, 6) is -5.83. The van der Waals surface area contributed by atoms with E-state index in [2.05, 4.69) is 103 Å². The van der Waals surface area contributed by atoms with Crippen molar-refractivity contribution < 1.29 is 61.8 Å². The SMILES string of the molecule is NCCN.NCCN.O=C([O-])CN(CCN(CC(=O)[O-])CC(=O)[O-])CC(=O)[O-].Oc1ccc([P+](c2ccccc2)(c2ccccc2)c2ccccc2)cc1.[Fe+3]. The topological polar surface area (TPSA) is 291 Å². The van der Waals surface area contributed by atoms with Gasteiger partial charge in [0, 0.05) is 65.4 Å². The summed E-state index contributed by atoms with van der Waals surface area (Å²) in [6.07, 6.45) is 0. The maximum absolute atomic E-state index is 10.4. The first kappa shape index (κ1) is 50.3. The van der Waals surface area contributed by atoms with Crippen molar-refractivity contribution in [3.05, 3.63) is 115 Å². The molecule has 0 aliphatic carbocycles. The number of benzene rings is 4. The van der Waals surface area contributed by atoms with Crippen LogP contribution in [0.4, 0.5) is 0 Å². The molecular weight excluding hydrogens is 771 g/mol. The Balaban J connectivity index is 0.000000897. The largest absolute Gasteiger partial charge is 3.00 e. The van der Waals surface area contributed by atoms with Crippen molar-refractivity contribution in [2.75, 3.05) is 65.4 Å². The van der Waals surface area contributed by atoms with E-state index in [0.29, 0.717) is 31.9 Å². The minimum atomic E-state index is -2.04. The molecule has 55 heavy (non-hydrogen) atoms. The first-order valence-electron chi connectivity index (χ1n) is 16.7. The molecule has 4 rings (SSSR count). The molecule has 17 heteroatoms. The Kier molecular flexibility index (Phi) is 26.2. The van der Waals surface area contributed by atoms with E-state index in [1.54, 1.807) is 12.1 Å². The molecule has 0 aromatic heterocycles. The zero-order valence-corrected chi connectivity index (χ0v) is 32.3. The van der Waals surface area contributed by atoms with Crippen LogP contribution in [0.2, 0.25) is 0 Å². The van der Waals surface area contributed by atoms with Crippen LogP contribution in [-0.4, -0.2) is 104 Å². The minimum Gasteiger partial charge on any atom is -0.549 e. The molecule has 9 N–H and O–H groups in total. The third kappa shape index (κ3) is 18.9. The number of hydrogen-bond acceptors (Lipinski definition) is 15. The fourth-order valence-electron chi connectivity index (χ4n) is 4.97. The van der Waals surface area contributed by atoms with E-state index in [-0.39, 0.29) is 30.2 Å². The van der Waals surface area contributed by atoms with Crippen molar-refractivity contribution >= 4 is 52.4 Å². The van der Waals surface area contributed by atoms with Gasteiger partial charge in [0.25, 0.3) is 0 Å². The number of carboxylic acids is 4. The van der Waals surface area contributed by atoms with Gasteiger partial charge in [-0.1, -0.05) is 54.6 Å². The third-order valence-corrected chi connectivity index (χ3v) is 11.4. The van der Waals surface area contributed by atoms with E-state index in [0.717, 1.165) is 9.80 Å². The molecule has 0 unspecified atom stereocenters. The van der Waals surface area contributed by atoms with Crippen LogP contribution in [0.3, 0.4) is 0 Å². The minimum absolute atomic E-state index is 0. The Morgan fingerprint density at radius 2 is 0.691 bits per heavy atom. The summed E-state index contributed by atoms with van der Waals surface area (Å²) in [5, 5.41) is 56.6. The van der Waals surface area contributed by atoms with E-state index >= 15 is 0 Å². The number of aromatic hydroxyl groups is 1. The maximum Gasteiger partial charge on any atom is 3.00 e. The van der Waals surface area contributed by atoms with Crippen molar-refractivity contribution in [1.82, 2.24) is 9.80 Å². The van der Waals surface area contributed by atoms with Gasteiger partial charge in [0.15, 0.2) is 0 Å². The number of carbonyl (C=O) groups excluding carboxylic acids is 4. The standard InChI is InChI=1S/C24H19OP.C10H16N2O8.2C2H8N2.Fe/c25-20-16-18-24(19-17-20)26(21-10-4-1-5-11-21,22-12-6-2-7-13-22)23-14-8-3-9-15-23;13-7(14)3-11(4-8(15)16)1-2-12(5-9(17)18)6-10(19)20;2*3-1-2-4;/h1-19H;1-6H2,(H,13,14)(H,15,16)(H,17,18)(H,19,20);2*1-4H2;/q;;;;+3/p-3. The molecule has 297 valence electrons. The quantitative estimate of drug-likeness (QED) is 0.0491. The van der Waals surface area contributed by atoms with Crippen LogP contribution in [0.1, 0.15) is 0 Å². The predicted octanol–water partition coefficient (Wildman–Crippen LogP) is -5.59. The number of nitrogens with zero attached hydrogens (tertiary/aromatic N) is 2. The fourth-order valence-corrected chi connectivity index (χ4v) is 9.21. The Morgan fingerprint density at radius 1 is 0.455 bits per heavy atom. The number of carbonyl (C=O) groups is 4. The third-order valence-electron chi connectivity index (χ3n) is 7.14. The zero-order valence-electron chi connectivity index (χ0n) is 30.3. The second-order valence-electron chi connectivity index (χ2n) is 11.3. The zero-order chi connectivity index (χ0) is 40.4. The molecule has 0 atom stereocenters. The van der Waals surface area contributed by atoms with Gasteiger partial charge in [-0.25, -0.2) is 0 Å². The summed E-state index contributed by atoms with van der Waals surface area (Å²) in [6, 6.07) is 39.9. The molecule has 0 saturated heterocycles. The second-order valence-corrected chi connectivity index (χ2v) is 14.7. The van der Waals surface area contributed by atoms with Gasteiger partial charge in [0.1, 0.15) is 34.2 Å². The molecule has 0 fully saturated rings. The van der Waals surface area contributed by atoms with Gasteiger partial charge in [-0.2, -0.15) is 0 Å². The molecule has 0 aliphatic heterocycles. The summed E-state index contributed by atoms with van der Waals surface area (Å²) < 4.78 is 0. The Bertz CT molecular complexity index is 1490. The number of hydrogen-bond donors (Lipinski definition) is 5. The molecular formula is C38H48FeN6O9P. The van der Waals surface area contributed by atoms with Gasteiger partial charge in [-0.05, 0) is 60.7 Å². The molecule has 4 aromatic rings.